The molecule has 2 heterocycles. The number of ether oxygens (including phenoxy) is 1. The number of aliphatic carboxylic acids is 1. The Hall–Kier alpha value is -2.02. The Bertz CT molecular complexity index is 651. The standard InChI is InChI=1S/C16H17F2NO4/c17-12-3-1-10(5-13(12)18)2-4-14(20)19-6-11-7-23-9-16(11,8-19)15(21)22/h1,3,5,11H,2,4,6-9H2,(H,21,22)/t11-,16-/m1/s1. The molecule has 3 rings (SSSR count). The highest BCUT2D eigenvalue weighted by atomic mass is 19.2. The summed E-state index contributed by atoms with van der Waals surface area (Å²) >= 11 is 0. The summed E-state index contributed by atoms with van der Waals surface area (Å²) in [4.78, 5) is 25.4. The fourth-order valence-corrected chi connectivity index (χ4v) is 3.33. The number of carboxylic acid groups (broad SMARTS) is 1. The fraction of sp³-hybridized carbons (Fsp3) is 0.500. The Kier molecular flexibility index (Phi) is 4.06. The van der Waals surface area contributed by atoms with E-state index in [-0.39, 0.29) is 37.8 Å². The van der Waals surface area contributed by atoms with Gasteiger partial charge in [-0.1, -0.05) is 6.07 Å². The number of hydrogen-bond acceptors (Lipinski definition) is 3. The van der Waals surface area contributed by atoms with Gasteiger partial charge in [0.05, 0.1) is 13.2 Å². The number of aryl methyl sites for hydroxylation is 1. The Labute approximate surface area is 131 Å². The van der Waals surface area contributed by atoms with Crippen molar-refractivity contribution < 1.29 is 28.2 Å². The van der Waals surface area contributed by atoms with Gasteiger partial charge in [-0.2, -0.15) is 0 Å². The molecule has 2 fully saturated rings. The van der Waals surface area contributed by atoms with Gasteiger partial charge in [-0.25, -0.2) is 8.78 Å². The van der Waals surface area contributed by atoms with Crippen molar-refractivity contribution in [1.29, 1.82) is 0 Å². The summed E-state index contributed by atoms with van der Waals surface area (Å²) in [6, 6.07) is 3.55. The zero-order chi connectivity index (χ0) is 16.6. The van der Waals surface area contributed by atoms with Crippen LogP contribution in [0.3, 0.4) is 0 Å². The average molecular weight is 325 g/mol. The molecule has 2 aliphatic rings. The number of amides is 1. The van der Waals surface area contributed by atoms with E-state index in [2.05, 4.69) is 0 Å². The van der Waals surface area contributed by atoms with Crippen molar-refractivity contribution in [3.05, 3.63) is 35.4 Å². The van der Waals surface area contributed by atoms with Crippen molar-refractivity contribution in [3.63, 3.8) is 0 Å². The van der Waals surface area contributed by atoms with Crippen LogP contribution in [0.15, 0.2) is 18.2 Å². The molecule has 0 bridgehead atoms. The lowest BCUT2D eigenvalue weighted by molar-refractivity contribution is -0.149. The van der Waals surface area contributed by atoms with Crippen LogP contribution >= 0.6 is 0 Å². The van der Waals surface area contributed by atoms with Crippen LogP contribution in [0.5, 0.6) is 0 Å². The van der Waals surface area contributed by atoms with Gasteiger partial charge in [0.15, 0.2) is 11.6 Å². The van der Waals surface area contributed by atoms with Gasteiger partial charge in [0.25, 0.3) is 0 Å². The number of benzene rings is 1. The summed E-state index contributed by atoms with van der Waals surface area (Å²) in [5.41, 5.74) is -0.467. The number of carboxylic acids is 1. The van der Waals surface area contributed by atoms with Crippen LogP contribution in [-0.4, -0.2) is 48.2 Å². The molecule has 2 aliphatic heterocycles. The number of carbonyl (C=O) groups excluding carboxylic acids is 1. The second kappa shape index (κ2) is 5.88. The number of rotatable bonds is 4. The number of hydrogen-bond donors (Lipinski definition) is 1. The minimum atomic E-state index is -1.00. The van der Waals surface area contributed by atoms with Crippen LogP contribution in [0.4, 0.5) is 8.78 Å². The normalized spacial score (nSPS) is 26.3. The van der Waals surface area contributed by atoms with Gasteiger partial charge in [-0.15, -0.1) is 0 Å². The van der Waals surface area contributed by atoms with E-state index in [0.29, 0.717) is 18.7 Å². The Morgan fingerprint density at radius 1 is 1.35 bits per heavy atom. The summed E-state index contributed by atoms with van der Waals surface area (Å²) in [7, 11) is 0. The van der Waals surface area contributed by atoms with Crippen molar-refractivity contribution >= 4 is 11.9 Å². The van der Waals surface area contributed by atoms with Crippen molar-refractivity contribution in [1.82, 2.24) is 4.90 Å². The zero-order valence-electron chi connectivity index (χ0n) is 12.4. The van der Waals surface area contributed by atoms with E-state index in [1.54, 1.807) is 4.90 Å². The molecule has 0 aliphatic carbocycles. The Morgan fingerprint density at radius 3 is 2.78 bits per heavy atom. The van der Waals surface area contributed by atoms with E-state index in [0.717, 1.165) is 12.1 Å². The van der Waals surface area contributed by atoms with Crippen molar-refractivity contribution in [3.8, 4) is 0 Å². The molecule has 1 aromatic rings. The SMILES string of the molecule is O=C(CCc1ccc(F)c(F)c1)N1C[C@@H]2COC[C@]2(C(=O)O)C1. The molecule has 0 spiro atoms. The second-order valence-electron chi connectivity index (χ2n) is 6.20. The highest BCUT2D eigenvalue weighted by Gasteiger charge is 2.57. The largest absolute Gasteiger partial charge is 0.481 e. The molecule has 5 nitrogen and oxygen atoms in total. The van der Waals surface area contributed by atoms with Crippen LogP contribution in [-0.2, 0) is 20.7 Å². The molecule has 2 atom stereocenters. The third-order valence-corrected chi connectivity index (χ3v) is 4.76. The third-order valence-electron chi connectivity index (χ3n) is 4.76. The predicted molar refractivity (Wildman–Crippen MR) is 75.6 cm³/mol. The lowest BCUT2D eigenvalue weighted by Gasteiger charge is -2.22. The molecule has 1 N–H and O–H groups in total. The summed E-state index contributed by atoms with van der Waals surface area (Å²) in [6.07, 6.45) is 0.419. The number of halogens is 2. The van der Waals surface area contributed by atoms with Gasteiger partial charge < -0.3 is 14.7 Å². The van der Waals surface area contributed by atoms with Crippen LogP contribution in [0.1, 0.15) is 12.0 Å². The first-order valence-electron chi connectivity index (χ1n) is 7.45. The number of fused-ring (bicyclic) bond motifs is 1. The molecule has 124 valence electrons. The zero-order valence-corrected chi connectivity index (χ0v) is 12.4. The van der Waals surface area contributed by atoms with Crippen LogP contribution in [0.2, 0.25) is 0 Å². The van der Waals surface area contributed by atoms with Gasteiger partial charge in [0, 0.05) is 25.4 Å². The number of carbonyl (C=O) groups is 2. The first kappa shape index (κ1) is 15.9. The predicted octanol–water partition coefficient (Wildman–Crippen LogP) is 1.46. The van der Waals surface area contributed by atoms with Gasteiger partial charge in [0.1, 0.15) is 5.41 Å². The topological polar surface area (TPSA) is 66.8 Å². The second-order valence-corrected chi connectivity index (χ2v) is 6.20. The molecule has 7 heteroatoms. The Balaban J connectivity index is 1.61. The Morgan fingerprint density at radius 2 is 2.13 bits per heavy atom. The molecular weight excluding hydrogens is 308 g/mol. The van der Waals surface area contributed by atoms with Crippen molar-refractivity contribution in [2.24, 2.45) is 11.3 Å². The molecule has 23 heavy (non-hydrogen) atoms. The molecule has 0 aromatic heterocycles. The monoisotopic (exact) mass is 325 g/mol. The number of nitrogens with zero attached hydrogens (tertiary/aromatic N) is 1. The first-order valence-corrected chi connectivity index (χ1v) is 7.45. The smallest absolute Gasteiger partial charge is 0.314 e. The molecule has 1 aromatic carbocycles. The molecule has 0 unspecified atom stereocenters. The summed E-state index contributed by atoms with van der Waals surface area (Å²) < 4.78 is 31.3. The summed E-state index contributed by atoms with van der Waals surface area (Å²) in [6.45, 7) is 0.978. The molecule has 0 saturated carbocycles. The van der Waals surface area contributed by atoms with Gasteiger partial charge in [-0.05, 0) is 24.1 Å². The van der Waals surface area contributed by atoms with Gasteiger partial charge >= 0.3 is 5.97 Å². The highest BCUT2D eigenvalue weighted by Crippen LogP contribution is 2.41. The molecule has 0 radical (unpaired) electrons. The summed E-state index contributed by atoms with van der Waals surface area (Å²) in [5.74, 6) is -3.16. The highest BCUT2D eigenvalue weighted by molar-refractivity contribution is 5.81. The van der Waals surface area contributed by atoms with Gasteiger partial charge in [-0.3, -0.25) is 9.59 Å². The number of likely N-dealkylation sites (tertiary alicyclic amines) is 1. The maximum absolute atomic E-state index is 13.2. The lowest BCUT2D eigenvalue weighted by Crippen LogP contribution is -2.40. The van der Waals surface area contributed by atoms with Crippen LogP contribution in [0, 0.1) is 23.0 Å². The van der Waals surface area contributed by atoms with Crippen LogP contribution < -0.4 is 0 Å². The van der Waals surface area contributed by atoms with Gasteiger partial charge in [0.2, 0.25) is 5.91 Å². The quantitative estimate of drug-likeness (QED) is 0.910. The van der Waals surface area contributed by atoms with E-state index < -0.39 is 23.0 Å². The first-order chi connectivity index (χ1) is 10.9. The van der Waals surface area contributed by atoms with E-state index in [1.807, 2.05) is 0 Å². The van der Waals surface area contributed by atoms with Crippen molar-refractivity contribution in [2.75, 3.05) is 26.3 Å². The average Bonchev–Trinajstić information content (AvgIpc) is 3.06. The molecular formula is C16H17F2NO4. The fourth-order valence-electron chi connectivity index (χ4n) is 3.33. The maximum atomic E-state index is 13.2. The molecule has 1 amide bonds. The van der Waals surface area contributed by atoms with E-state index >= 15 is 0 Å². The van der Waals surface area contributed by atoms with E-state index in [1.165, 1.54) is 6.07 Å². The third kappa shape index (κ3) is 2.81. The summed E-state index contributed by atoms with van der Waals surface area (Å²) in [5, 5.41) is 9.44. The van der Waals surface area contributed by atoms with E-state index in [9.17, 15) is 23.5 Å². The minimum absolute atomic E-state index is 0.125. The molecule has 2 saturated heterocycles. The van der Waals surface area contributed by atoms with E-state index in [4.69, 9.17) is 4.74 Å². The van der Waals surface area contributed by atoms with Crippen LogP contribution in [0.25, 0.3) is 0 Å². The maximum Gasteiger partial charge on any atom is 0.314 e. The minimum Gasteiger partial charge on any atom is -0.481 e. The van der Waals surface area contributed by atoms with Crippen molar-refractivity contribution in [2.45, 2.75) is 12.8 Å². The lowest BCUT2D eigenvalue weighted by atomic mass is 9.81.